The van der Waals surface area contributed by atoms with Gasteiger partial charge in [-0.2, -0.15) is 0 Å². The highest BCUT2D eigenvalue weighted by atomic mass is 19.2. The van der Waals surface area contributed by atoms with Crippen LogP contribution < -0.4 is 5.32 Å². The molecule has 1 aliphatic rings. The normalized spacial score (nSPS) is 15.6. The summed E-state index contributed by atoms with van der Waals surface area (Å²) in [5.41, 5.74) is -0.0784. The zero-order valence-electron chi connectivity index (χ0n) is 15.0. The molecule has 0 spiro atoms. The van der Waals surface area contributed by atoms with E-state index in [0.717, 1.165) is 19.3 Å². The molecule has 0 bridgehead atoms. The van der Waals surface area contributed by atoms with Crippen molar-refractivity contribution in [2.45, 2.75) is 19.3 Å². The van der Waals surface area contributed by atoms with Gasteiger partial charge < -0.3 is 5.32 Å². The van der Waals surface area contributed by atoms with Crippen LogP contribution in [0.3, 0.4) is 0 Å². The third-order valence-electron chi connectivity index (χ3n) is 4.92. The Morgan fingerprint density at radius 1 is 0.893 bits per heavy atom. The third-order valence-corrected chi connectivity index (χ3v) is 4.92. The summed E-state index contributed by atoms with van der Waals surface area (Å²) in [4.78, 5) is 13.8. The van der Waals surface area contributed by atoms with Crippen LogP contribution in [0.2, 0.25) is 0 Å². The predicted octanol–water partition coefficient (Wildman–Crippen LogP) is 4.28. The van der Waals surface area contributed by atoms with Gasteiger partial charge in [0.05, 0.1) is 6.54 Å². The summed E-state index contributed by atoms with van der Waals surface area (Å²) in [5.74, 6) is -10.9. The van der Waals surface area contributed by atoms with Crippen molar-refractivity contribution >= 4 is 11.6 Å². The maximum Gasteiger partial charge on any atom is 0.238 e. The van der Waals surface area contributed by atoms with Crippen molar-refractivity contribution in [3.63, 3.8) is 0 Å². The second-order valence-corrected chi connectivity index (χ2v) is 6.90. The quantitative estimate of drug-likeness (QED) is 0.463. The Bertz CT molecular complexity index is 822. The van der Waals surface area contributed by atoms with Crippen LogP contribution in [0.4, 0.5) is 27.6 Å². The van der Waals surface area contributed by atoms with Gasteiger partial charge in [-0.25, -0.2) is 22.0 Å². The Balaban J connectivity index is 1.54. The summed E-state index contributed by atoms with van der Waals surface area (Å²) in [6.45, 7) is 1.04. The second kappa shape index (κ2) is 8.68. The molecule has 8 heteroatoms. The van der Waals surface area contributed by atoms with Crippen molar-refractivity contribution in [3.05, 3.63) is 65.0 Å². The van der Waals surface area contributed by atoms with Gasteiger partial charge in [0.15, 0.2) is 23.3 Å². The van der Waals surface area contributed by atoms with E-state index in [0.29, 0.717) is 19.0 Å². The number of nitrogens with one attached hydrogen (secondary N) is 1. The number of rotatable bonds is 5. The zero-order chi connectivity index (χ0) is 20.3. The van der Waals surface area contributed by atoms with Crippen molar-refractivity contribution in [2.75, 3.05) is 25.0 Å². The SMILES string of the molecule is O=C(CN1CCC(Cc2ccccc2)CC1)Nc1c(F)c(F)c(F)c(F)c1F. The van der Waals surface area contributed by atoms with E-state index in [1.165, 1.54) is 5.56 Å². The maximum atomic E-state index is 13.7. The molecular formula is C20H19F5N2O. The minimum Gasteiger partial charge on any atom is -0.320 e. The number of carbonyl (C=O) groups excluding carboxylic acids is 1. The molecule has 150 valence electrons. The van der Waals surface area contributed by atoms with Crippen LogP contribution >= 0.6 is 0 Å². The van der Waals surface area contributed by atoms with Crippen molar-refractivity contribution in [1.29, 1.82) is 0 Å². The number of halogens is 5. The molecular weight excluding hydrogens is 379 g/mol. The summed E-state index contributed by atoms with van der Waals surface area (Å²) >= 11 is 0. The Hall–Kier alpha value is -2.48. The first-order valence-electron chi connectivity index (χ1n) is 8.94. The van der Waals surface area contributed by atoms with Crippen molar-refractivity contribution < 1.29 is 26.7 Å². The fourth-order valence-electron chi connectivity index (χ4n) is 3.39. The number of hydrogen-bond donors (Lipinski definition) is 1. The van der Waals surface area contributed by atoms with Crippen LogP contribution in [0.25, 0.3) is 0 Å². The lowest BCUT2D eigenvalue weighted by Gasteiger charge is -2.31. The lowest BCUT2D eigenvalue weighted by atomic mass is 9.90. The average Bonchev–Trinajstić information content (AvgIpc) is 2.70. The number of nitrogens with zero attached hydrogens (tertiary/aromatic N) is 1. The van der Waals surface area contributed by atoms with Crippen LogP contribution in [-0.2, 0) is 11.2 Å². The van der Waals surface area contributed by atoms with Gasteiger partial charge in [-0.05, 0) is 43.8 Å². The minimum absolute atomic E-state index is 0.183. The summed E-state index contributed by atoms with van der Waals surface area (Å²) in [7, 11) is 0. The number of benzene rings is 2. The van der Waals surface area contributed by atoms with Gasteiger partial charge in [0.25, 0.3) is 0 Å². The van der Waals surface area contributed by atoms with Crippen LogP contribution in [0.1, 0.15) is 18.4 Å². The van der Waals surface area contributed by atoms with Gasteiger partial charge >= 0.3 is 0 Å². The smallest absolute Gasteiger partial charge is 0.238 e. The molecule has 1 aliphatic heterocycles. The van der Waals surface area contributed by atoms with Crippen LogP contribution in [-0.4, -0.2) is 30.4 Å². The molecule has 1 heterocycles. The van der Waals surface area contributed by atoms with Crippen LogP contribution in [0.5, 0.6) is 0 Å². The third kappa shape index (κ3) is 4.49. The Kier molecular flexibility index (Phi) is 6.28. The molecule has 1 amide bonds. The first-order chi connectivity index (χ1) is 13.4. The van der Waals surface area contributed by atoms with E-state index in [-0.39, 0.29) is 6.54 Å². The van der Waals surface area contributed by atoms with E-state index in [4.69, 9.17) is 0 Å². The largest absolute Gasteiger partial charge is 0.320 e. The van der Waals surface area contributed by atoms with E-state index >= 15 is 0 Å². The Labute approximate surface area is 159 Å². The molecule has 3 rings (SSSR count). The van der Waals surface area contributed by atoms with Crippen LogP contribution in [0, 0.1) is 35.0 Å². The molecule has 2 aromatic carbocycles. The number of anilines is 1. The molecule has 3 nitrogen and oxygen atoms in total. The monoisotopic (exact) mass is 398 g/mol. The lowest BCUT2D eigenvalue weighted by Crippen LogP contribution is -2.39. The summed E-state index contributed by atoms with van der Waals surface area (Å²) in [6, 6.07) is 10.0. The van der Waals surface area contributed by atoms with E-state index in [9.17, 15) is 26.7 Å². The highest BCUT2D eigenvalue weighted by molar-refractivity contribution is 5.92. The summed E-state index contributed by atoms with van der Waals surface area (Å²) in [5, 5.41) is 1.81. The maximum absolute atomic E-state index is 13.7. The molecule has 0 aromatic heterocycles. The standard InChI is InChI=1S/C20H19F5N2O/c21-15-16(22)18(24)20(19(25)17(15)23)26-14(28)11-27-8-6-13(7-9-27)10-12-4-2-1-3-5-12/h1-5,13H,6-11H2,(H,26,28). The van der Waals surface area contributed by atoms with Gasteiger partial charge in [-0.15, -0.1) is 0 Å². The van der Waals surface area contributed by atoms with Crippen molar-refractivity contribution in [1.82, 2.24) is 4.90 Å². The Morgan fingerprint density at radius 2 is 1.43 bits per heavy atom. The van der Waals surface area contributed by atoms with Gasteiger partial charge in [0.2, 0.25) is 11.7 Å². The topological polar surface area (TPSA) is 32.3 Å². The molecule has 0 unspecified atom stereocenters. The predicted molar refractivity (Wildman–Crippen MR) is 94.2 cm³/mol. The van der Waals surface area contributed by atoms with Gasteiger partial charge in [0, 0.05) is 0 Å². The molecule has 0 atom stereocenters. The number of likely N-dealkylation sites (tertiary alicyclic amines) is 1. The summed E-state index contributed by atoms with van der Waals surface area (Å²) in [6.07, 6.45) is 2.64. The first kappa shape index (κ1) is 20.3. The molecule has 1 N–H and O–H groups in total. The zero-order valence-corrected chi connectivity index (χ0v) is 15.0. The molecule has 28 heavy (non-hydrogen) atoms. The average molecular weight is 398 g/mol. The van der Waals surface area contributed by atoms with Crippen molar-refractivity contribution in [3.8, 4) is 0 Å². The van der Waals surface area contributed by atoms with E-state index in [1.54, 1.807) is 4.90 Å². The fourth-order valence-corrected chi connectivity index (χ4v) is 3.39. The molecule has 0 radical (unpaired) electrons. The van der Waals surface area contributed by atoms with Crippen molar-refractivity contribution in [2.24, 2.45) is 5.92 Å². The fraction of sp³-hybridized carbons (Fsp3) is 0.350. The van der Waals surface area contributed by atoms with E-state index in [1.807, 2.05) is 23.5 Å². The molecule has 0 aliphatic carbocycles. The lowest BCUT2D eigenvalue weighted by molar-refractivity contribution is -0.117. The van der Waals surface area contributed by atoms with Gasteiger partial charge in [-0.1, -0.05) is 30.3 Å². The number of amides is 1. The Morgan fingerprint density at radius 3 is 2.00 bits per heavy atom. The number of carbonyl (C=O) groups is 1. The summed E-state index contributed by atoms with van der Waals surface area (Å²) < 4.78 is 66.8. The van der Waals surface area contributed by atoms with E-state index in [2.05, 4.69) is 12.1 Å². The molecule has 1 saturated heterocycles. The van der Waals surface area contributed by atoms with Gasteiger partial charge in [-0.3, -0.25) is 9.69 Å². The molecule has 1 fully saturated rings. The highest BCUT2D eigenvalue weighted by Gasteiger charge is 2.28. The first-order valence-corrected chi connectivity index (χ1v) is 8.94. The van der Waals surface area contributed by atoms with E-state index < -0.39 is 40.7 Å². The van der Waals surface area contributed by atoms with Crippen LogP contribution in [0.15, 0.2) is 30.3 Å². The number of hydrogen-bond acceptors (Lipinski definition) is 2. The minimum atomic E-state index is -2.26. The highest BCUT2D eigenvalue weighted by Crippen LogP contribution is 2.27. The molecule has 0 saturated carbocycles. The second-order valence-electron chi connectivity index (χ2n) is 6.90. The number of piperidine rings is 1. The molecule has 2 aromatic rings. The van der Waals surface area contributed by atoms with Gasteiger partial charge in [0.1, 0.15) is 5.69 Å².